The van der Waals surface area contributed by atoms with E-state index in [1.54, 1.807) is 0 Å². The smallest absolute Gasteiger partial charge is 0.251 e. The Bertz CT molecular complexity index is 176. The fourth-order valence-electron chi connectivity index (χ4n) is 2.00. The lowest BCUT2D eigenvalue weighted by Gasteiger charge is -2.28. The van der Waals surface area contributed by atoms with Crippen molar-refractivity contribution in [3.63, 3.8) is 0 Å². The number of rotatable bonds is 3. The first-order valence-electron chi connectivity index (χ1n) is 4.91. The molecule has 1 aliphatic rings. The zero-order valence-electron chi connectivity index (χ0n) is 8.42. The summed E-state index contributed by atoms with van der Waals surface area (Å²) in [6, 6.07) is -0.0486. The van der Waals surface area contributed by atoms with Crippen LogP contribution >= 0.6 is 0 Å². The van der Waals surface area contributed by atoms with Crippen molar-refractivity contribution in [3.8, 4) is 0 Å². The maximum Gasteiger partial charge on any atom is 0.251 e. The van der Waals surface area contributed by atoms with Crippen LogP contribution in [0.3, 0.4) is 0 Å². The zero-order valence-corrected chi connectivity index (χ0v) is 8.42. The van der Waals surface area contributed by atoms with Gasteiger partial charge < -0.3 is 0 Å². The minimum Gasteiger partial charge on any atom is -0.293 e. The van der Waals surface area contributed by atoms with Crippen LogP contribution in [0.1, 0.15) is 26.7 Å². The molecule has 1 rings (SSSR count). The second kappa shape index (κ2) is 4.58. The summed E-state index contributed by atoms with van der Waals surface area (Å²) < 4.78 is 0. The molecule has 4 nitrogen and oxygen atoms in total. The van der Waals surface area contributed by atoms with E-state index < -0.39 is 0 Å². The predicted octanol–water partition coefficient (Wildman–Crippen LogP) is 0.0967. The van der Waals surface area contributed by atoms with Crippen molar-refractivity contribution in [2.75, 3.05) is 13.1 Å². The van der Waals surface area contributed by atoms with Crippen molar-refractivity contribution in [2.24, 2.45) is 11.8 Å². The highest BCUT2D eigenvalue weighted by Crippen LogP contribution is 2.17. The average Bonchev–Trinajstić information content (AvgIpc) is 2.56. The molecule has 76 valence electrons. The highest BCUT2D eigenvalue weighted by molar-refractivity contribution is 5.81. The fraction of sp³-hybridized carbons (Fsp3) is 0.889. The van der Waals surface area contributed by atoms with Crippen LogP contribution in [0.4, 0.5) is 0 Å². The first-order chi connectivity index (χ1) is 6.16. The Morgan fingerprint density at radius 3 is 2.31 bits per heavy atom. The summed E-state index contributed by atoms with van der Waals surface area (Å²) in [5.74, 6) is 5.41. The summed E-state index contributed by atoms with van der Waals surface area (Å²) in [4.78, 5) is 13.7. The van der Waals surface area contributed by atoms with E-state index in [2.05, 4.69) is 24.2 Å². The Labute approximate surface area is 79.4 Å². The molecule has 1 amide bonds. The lowest BCUT2D eigenvalue weighted by molar-refractivity contribution is -0.127. The molecule has 13 heavy (non-hydrogen) atoms. The van der Waals surface area contributed by atoms with Crippen LogP contribution in [0.5, 0.6) is 0 Å². The van der Waals surface area contributed by atoms with Gasteiger partial charge in [-0.15, -0.1) is 0 Å². The lowest BCUT2D eigenvalue weighted by Crippen LogP contribution is -2.50. The minimum atomic E-state index is -0.0584. The molecule has 0 aromatic heterocycles. The molecule has 0 unspecified atom stereocenters. The van der Waals surface area contributed by atoms with Gasteiger partial charge in [0.25, 0.3) is 5.91 Å². The molecule has 1 fully saturated rings. The van der Waals surface area contributed by atoms with Crippen molar-refractivity contribution in [3.05, 3.63) is 0 Å². The fourth-order valence-corrected chi connectivity index (χ4v) is 2.00. The molecular formula is C9H19N3O. The monoisotopic (exact) mass is 185 g/mol. The number of nitrogens with one attached hydrogen (secondary N) is 1. The van der Waals surface area contributed by atoms with E-state index in [4.69, 9.17) is 5.84 Å². The highest BCUT2D eigenvalue weighted by Gasteiger charge is 2.29. The number of hydrazine groups is 1. The topological polar surface area (TPSA) is 58.4 Å². The molecule has 0 spiro atoms. The van der Waals surface area contributed by atoms with Crippen LogP contribution < -0.4 is 11.3 Å². The van der Waals surface area contributed by atoms with Crippen LogP contribution in [0, 0.1) is 5.92 Å². The summed E-state index contributed by atoms with van der Waals surface area (Å²) in [5.41, 5.74) is 2.24. The van der Waals surface area contributed by atoms with Gasteiger partial charge in [0.15, 0.2) is 0 Å². The lowest BCUT2D eigenvalue weighted by atomic mass is 10.0. The number of likely N-dealkylation sites (tertiary alicyclic amines) is 1. The normalized spacial score (nSPS) is 20.6. The molecule has 0 saturated carbocycles. The van der Waals surface area contributed by atoms with E-state index in [0.29, 0.717) is 5.92 Å². The van der Waals surface area contributed by atoms with E-state index >= 15 is 0 Å². The maximum atomic E-state index is 11.5. The standard InChI is InChI=1S/C9H19N3O/c1-7(2)8(9(13)11-10)12-5-3-4-6-12/h7-8H,3-6,10H2,1-2H3,(H,11,13)/t8-/m1/s1. The molecule has 1 saturated heterocycles. The second-order valence-corrected chi connectivity index (χ2v) is 3.94. The number of carbonyl (C=O) groups excluding carboxylic acids is 1. The third-order valence-electron chi connectivity index (χ3n) is 2.58. The van der Waals surface area contributed by atoms with E-state index in [9.17, 15) is 4.79 Å². The van der Waals surface area contributed by atoms with Crippen molar-refractivity contribution in [2.45, 2.75) is 32.7 Å². The number of nitrogens with two attached hydrogens (primary N) is 1. The third kappa shape index (κ3) is 2.42. The van der Waals surface area contributed by atoms with Crippen LogP contribution in [0.25, 0.3) is 0 Å². The van der Waals surface area contributed by atoms with Gasteiger partial charge in [0.2, 0.25) is 0 Å². The van der Waals surface area contributed by atoms with Crippen molar-refractivity contribution >= 4 is 5.91 Å². The van der Waals surface area contributed by atoms with Gasteiger partial charge in [-0.3, -0.25) is 15.1 Å². The van der Waals surface area contributed by atoms with E-state index in [1.165, 1.54) is 12.8 Å². The minimum absolute atomic E-state index is 0.0486. The Morgan fingerprint density at radius 1 is 1.38 bits per heavy atom. The molecule has 1 aliphatic heterocycles. The molecule has 0 aromatic carbocycles. The summed E-state index contributed by atoms with van der Waals surface area (Å²) in [7, 11) is 0. The van der Waals surface area contributed by atoms with Gasteiger partial charge in [-0.25, -0.2) is 5.84 Å². The Morgan fingerprint density at radius 2 is 1.92 bits per heavy atom. The maximum absolute atomic E-state index is 11.5. The third-order valence-corrected chi connectivity index (χ3v) is 2.58. The first-order valence-corrected chi connectivity index (χ1v) is 4.91. The number of hydrogen-bond donors (Lipinski definition) is 2. The zero-order chi connectivity index (χ0) is 9.84. The van der Waals surface area contributed by atoms with Gasteiger partial charge in [0, 0.05) is 0 Å². The summed E-state index contributed by atoms with van der Waals surface area (Å²) in [6.45, 7) is 6.16. The van der Waals surface area contributed by atoms with Crippen LogP contribution in [-0.2, 0) is 4.79 Å². The van der Waals surface area contributed by atoms with Crippen molar-refractivity contribution < 1.29 is 4.79 Å². The van der Waals surface area contributed by atoms with Gasteiger partial charge in [-0.2, -0.15) is 0 Å². The van der Waals surface area contributed by atoms with Crippen LogP contribution in [0.2, 0.25) is 0 Å². The number of hydrogen-bond acceptors (Lipinski definition) is 3. The quantitative estimate of drug-likeness (QED) is 0.372. The van der Waals surface area contributed by atoms with E-state index in [-0.39, 0.29) is 11.9 Å². The average molecular weight is 185 g/mol. The molecule has 4 heteroatoms. The number of amides is 1. The van der Waals surface area contributed by atoms with Gasteiger partial charge in [0.05, 0.1) is 6.04 Å². The Kier molecular flexibility index (Phi) is 3.69. The first kappa shape index (κ1) is 10.5. The van der Waals surface area contributed by atoms with Crippen LogP contribution in [-0.4, -0.2) is 29.9 Å². The Balaban J connectivity index is 2.60. The molecule has 0 aromatic rings. The molecule has 0 radical (unpaired) electrons. The molecule has 0 aliphatic carbocycles. The van der Waals surface area contributed by atoms with Gasteiger partial charge >= 0.3 is 0 Å². The predicted molar refractivity (Wildman–Crippen MR) is 51.8 cm³/mol. The summed E-state index contributed by atoms with van der Waals surface area (Å²) in [5, 5.41) is 0. The molecule has 0 bridgehead atoms. The van der Waals surface area contributed by atoms with E-state index in [0.717, 1.165) is 13.1 Å². The van der Waals surface area contributed by atoms with Crippen molar-refractivity contribution in [1.82, 2.24) is 10.3 Å². The molecular weight excluding hydrogens is 166 g/mol. The largest absolute Gasteiger partial charge is 0.293 e. The van der Waals surface area contributed by atoms with Gasteiger partial charge in [-0.05, 0) is 31.8 Å². The molecule has 1 heterocycles. The summed E-state index contributed by atoms with van der Waals surface area (Å²) in [6.07, 6.45) is 2.39. The molecule has 1 atom stereocenters. The summed E-state index contributed by atoms with van der Waals surface area (Å²) >= 11 is 0. The second-order valence-electron chi connectivity index (χ2n) is 3.94. The van der Waals surface area contributed by atoms with Crippen LogP contribution in [0.15, 0.2) is 0 Å². The van der Waals surface area contributed by atoms with Gasteiger partial charge in [0.1, 0.15) is 0 Å². The van der Waals surface area contributed by atoms with Crippen molar-refractivity contribution in [1.29, 1.82) is 0 Å². The molecule has 3 N–H and O–H groups in total. The van der Waals surface area contributed by atoms with E-state index in [1.807, 2.05) is 0 Å². The number of carbonyl (C=O) groups is 1. The SMILES string of the molecule is CC(C)[C@H](C(=O)NN)N1CCCC1. The highest BCUT2D eigenvalue weighted by atomic mass is 16.2. The Hall–Kier alpha value is -0.610. The van der Waals surface area contributed by atoms with Gasteiger partial charge in [-0.1, -0.05) is 13.8 Å². The number of nitrogens with zero attached hydrogens (tertiary/aromatic N) is 1.